The SMILES string of the molecule is CCSCCCn1nc(CC)c(CN)c1CC. The quantitative estimate of drug-likeness (QED) is 0.726. The number of nitrogens with two attached hydrogens (primary N) is 1. The Hall–Kier alpha value is -0.480. The van der Waals surface area contributed by atoms with Gasteiger partial charge in [0.1, 0.15) is 0 Å². The molecule has 0 amide bonds. The van der Waals surface area contributed by atoms with E-state index >= 15 is 0 Å². The van der Waals surface area contributed by atoms with Gasteiger partial charge < -0.3 is 5.73 Å². The molecule has 0 saturated heterocycles. The lowest BCUT2D eigenvalue weighted by Crippen LogP contribution is -2.07. The molecule has 0 aliphatic heterocycles. The van der Waals surface area contributed by atoms with Gasteiger partial charge in [0.25, 0.3) is 0 Å². The van der Waals surface area contributed by atoms with Gasteiger partial charge in [-0.05, 0) is 30.8 Å². The Labute approximate surface area is 109 Å². The van der Waals surface area contributed by atoms with Gasteiger partial charge in [-0.15, -0.1) is 0 Å². The van der Waals surface area contributed by atoms with E-state index in [0.29, 0.717) is 6.54 Å². The number of aromatic nitrogens is 2. The van der Waals surface area contributed by atoms with Gasteiger partial charge in [0, 0.05) is 24.3 Å². The predicted molar refractivity (Wildman–Crippen MR) is 76.5 cm³/mol. The maximum absolute atomic E-state index is 5.83. The zero-order chi connectivity index (χ0) is 12.7. The van der Waals surface area contributed by atoms with Crippen molar-refractivity contribution in [2.75, 3.05) is 11.5 Å². The molecular weight excluding hydrogens is 230 g/mol. The van der Waals surface area contributed by atoms with Crippen LogP contribution in [-0.2, 0) is 25.9 Å². The highest BCUT2D eigenvalue weighted by Gasteiger charge is 2.13. The zero-order valence-corrected chi connectivity index (χ0v) is 12.1. The highest BCUT2D eigenvalue weighted by molar-refractivity contribution is 7.99. The van der Waals surface area contributed by atoms with E-state index < -0.39 is 0 Å². The Morgan fingerprint density at radius 3 is 2.53 bits per heavy atom. The highest BCUT2D eigenvalue weighted by Crippen LogP contribution is 2.16. The third kappa shape index (κ3) is 3.75. The average Bonchev–Trinajstić information content (AvgIpc) is 2.71. The Balaban J connectivity index is 2.73. The smallest absolute Gasteiger partial charge is 0.0669 e. The van der Waals surface area contributed by atoms with Crippen LogP contribution in [-0.4, -0.2) is 21.3 Å². The van der Waals surface area contributed by atoms with Crippen molar-refractivity contribution in [1.29, 1.82) is 0 Å². The lowest BCUT2D eigenvalue weighted by atomic mass is 10.1. The standard InChI is InChI=1S/C13H25N3S/c1-4-12-11(10-14)13(5-2)16(15-12)8-7-9-17-6-3/h4-10,14H2,1-3H3. The molecule has 0 aliphatic rings. The van der Waals surface area contributed by atoms with Crippen LogP contribution in [0, 0.1) is 0 Å². The minimum Gasteiger partial charge on any atom is -0.326 e. The monoisotopic (exact) mass is 255 g/mol. The van der Waals surface area contributed by atoms with Crippen molar-refractivity contribution >= 4 is 11.8 Å². The maximum atomic E-state index is 5.83. The van der Waals surface area contributed by atoms with Crippen molar-refractivity contribution in [3.8, 4) is 0 Å². The van der Waals surface area contributed by atoms with Gasteiger partial charge >= 0.3 is 0 Å². The van der Waals surface area contributed by atoms with Crippen molar-refractivity contribution in [3.63, 3.8) is 0 Å². The fourth-order valence-corrected chi connectivity index (χ4v) is 2.77. The first-order valence-corrected chi connectivity index (χ1v) is 7.79. The first kappa shape index (κ1) is 14.6. The molecule has 1 aromatic heterocycles. The Bertz CT molecular complexity index is 334. The van der Waals surface area contributed by atoms with Crippen LogP contribution < -0.4 is 5.73 Å². The molecule has 0 spiro atoms. The Morgan fingerprint density at radius 2 is 2.00 bits per heavy atom. The summed E-state index contributed by atoms with van der Waals surface area (Å²) in [5, 5.41) is 4.70. The van der Waals surface area contributed by atoms with E-state index in [1.165, 1.54) is 34.9 Å². The first-order chi connectivity index (χ1) is 8.28. The van der Waals surface area contributed by atoms with Crippen molar-refractivity contribution in [2.45, 2.75) is 53.1 Å². The van der Waals surface area contributed by atoms with Gasteiger partial charge in [0.15, 0.2) is 0 Å². The van der Waals surface area contributed by atoms with E-state index in [1.807, 2.05) is 11.8 Å². The van der Waals surface area contributed by atoms with Crippen molar-refractivity contribution in [2.24, 2.45) is 5.73 Å². The third-order valence-corrected chi connectivity index (χ3v) is 3.97. The molecule has 3 nitrogen and oxygen atoms in total. The lowest BCUT2D eigenvalue weighted by molar-refractivity contribution is 0.573. The molecule has 0 radical (unpaired) electrons. The molecule has 0 fully saturated rings. The summed E-state index contributed by atoms with van der Waals surface area (Å²) in [6.45, 7) is 8.20. The average molecular weight is 255 g/mol. The van der Waals surface area contributed by atoms with Crippen molar-refractivity contribution in [1.82, 2.24) is 9.78 Å². The molecule has 1 heterocycles. The summed E-state index contributed by atoms with van der Waals surface area (Å²) in [6, 6.07) is 0. The molecule has 1 rings (SSSR count). The molecule has 0 aliphatic carbocycles. The molecule has 17 heavy (non-hydrogen) atoms. The largest absolute Gasteiger partial charge is 0.326 e. The first-order valence-electron chi connectivity index (χ1n) is 6.63. The minimum atomic E-state index is 0.621. The number of thioether (sulfide) groups is 1. The van der Waals surface area contributed by atoms with E-state index in [2.05, 4.69) is 25.5 Å². The normalized spacial score (nSPS) is 11.1. The van der Waals surface area contributed by atoms with E-state index in [4.69, 9.17) is 10.8 Å². The fourth-order valence-electron chi connectivity index (χ4n) is 2.15. The molecule has 0 bridgehead atoms. The van der Waals surface area contributed by atoms with Gasteiger partial charge in [0.2, 0.25) is 0 Å². The Kier molecular flexibility index (Phi) is 6.66. The topological polar surface area (TPSA) is 43.8 Å². The van der Waals surface area contributed by atoms with Crippen LogP contribution in [0.25, 0.3) is 0 Å². The van der Waals surface area contributed by atoms with Crippen molar-refractivity contribution < 1.29 is 0 Å². The molecular formula is C13H25N3S. The second-order valence-electron chi connectivity index (χ2n) is 4.06. The van der Waals surface area contributed by atoms with Crippen LogP contribution in [0.1, 0.15) is 44.1 Å². The third-order valence-electron chi connectivity index (χ3n) is 2.99. The number of aryl methyl sites for hydroxylation is 2. The fraction of sp³-hybridized carbons (Fsp3) is 0.769. The number of nitrogens with zero attached hydrogens (tertiary/aromatic N) is 2. The summed E-state index contributed by atoms with van der Waals surface area (Å²) in [4.78, 5) is 0. The predicted octanol–water partition coefficient (Wildman–Crippen LogP) is 2.61. The molecule has 2 N–H and O–H groups in total. The van der Waals surface area contributed by atoms with Gasteiger partial charge in [-0.1, -0.05) is 20.8 Å². The second kappa shape index (κ2) is 7.77. The van der Waals surface area contributed by atoms with Crippen LogP contribution in [0.15, 0.2) is 0 Å². The van der Waals surface area contributed by atoms with Crippen LogP contribution in [0.2, 0.25) is 0 Å². The summed E-state index contributed by atoms with van der Waals surface area (Å²) in [5.41, 5.74) is 9.64. The van der Waals surface area contributed by atoms with E-state index in [1.54, 1.807) is 0 Å². The molecule has 0 unspecified atom stereocenters. The van der Waals surface area contributed by atoms with Crippen LogP contribution in [0.3, 0.4) is 0 Å². The molecule has 1 aromatic rings. The summed E-state index contributed by atoms with van der Waals surface area (Å²) < 4.78 is 2.18. The molecule has 0 atom stereocenters. The van der Waals surface area contributed by atoms with Gasteiger partial charge in [0.05, 0.1) is 5.69 Å². The van der Waals surface area contributed by atoms with E-state index in [9.17, 15) is 0 Å². The van der Waals surface area contributed by atoms with Crippen molar-refractivity contribution in [3.05, 3.63) is 17.0 Å². The van der Waals surface area contributed by atoms with Gasteiger partial charge in [-0.25, -0.2) is 0 Å². The molecule has 0 aromatic carbocycles. The summed E-state index contributed by atoms with van der Waals surface area (Å²) in [6.07, 6.45) is 3.21. The van der Waals surface area contributed by atoms with E-state index in [-0.39, 0.29) is 0 Å². The zero-order valence-electron chi connectivity index (χ0n) is 11.3. The van der Waals surface area contributed by atoms with Gasteiger partial charge in [-0.3, -0.25) is 4.68 Å². The number of hydrogen-bond donors (Lipinski definition) is 1. The second-order valence-corrected chi connectivity index (χ2v) is 5.45. The highest BCUT2D eigenvalue weighted by atomic mass is 32.2. The van der Waals surface area contributed by atoms with Crippen LogP contribution >= 0.6 is 11.8 Å². The Morgan fingerprint density at radius 1 is 1.24 bits per heavy atom. The van der Waals surface area contributed by atoms with Crippen LogP contribution in [0.5, 0.6) is 0 Å². The van der Waals surface area contributed by atoms with Gasteiger partial charge in [-0.2, -0.15) is 16.9 Å². The summed E-state index contributed by atoms with van der Waals surface area (Å²) in [7, 11) is 0. The number of rotatable bonds is 8. The maximum Gasteiger partial charge on any atom is 0.0669 e. The van der Waals surface area contributed by atoms with E-state index in [0.717, 1.165) is 19.4 Å². The molecule has 98 valence electrons. The summed E-state index contributed by atoms with van der Waals surface area (Å²) in [5.74, 6) is 2.42. The summed E-state index contributed by atoms with van der Waals surface area (Å²) >= 11 is 2.00. The molecule has 4 heteroatoms. The molecule has 0 saturated carbocycles. The van der Waals surface area contributed by atoms with Crippen LogP contribution in [0.4, 0.5) is 0 Å². The lowest BCUT2D eigenvalue weighted by Gasteiger charge is -2.06. The number of hydrogen-bond acceptors (Lipinski definition) is 3. The minimum absolute atomic E-state index is 0.621.